The summed E-state index contributed by atoms with van der Waals surface area (Å²) in [6, 6.07) is 3.67. The molecular formula is C12H11N5O2S. The minimum absolute atomic E-state index is 0.634. The van der Waals surface area contributed by atoms with Crippen molar-refractivity contribution in [2.24, 2.45) is 0 Å². The molecule has 0 fully saturated rings. The van der Waals surface area contributed by atoms with E-state index in [0.717, 1.165) is 15.9 Å². The summed E-state index contributed by atoms with van der Waals surface area (Å²) in [5.41, 5.74) is 0.777. The number of aromatic amines is 1. The fourth-order valence-corrected chi connectivity index (χ4v) is 2.53. The van der Waals surface area contributed by atoms with E-state index in [4.69, 9.17) is 9.47 Å². The van der Waals surface area contributed by atoms with Crippen LogP contribution in [-0.4, -0.2) is 39.4 Å². The summed E-state index contributed by atoms with van der Waals surface area (Å²) in [7, 11) is 3.19. The van der Waals surface area contributed by atoms with E-state index in [1.165, 1.54) is 24.4 Å². The molecule has 1 aromatic carbocycles. The zero-order valence-corrected chi connectivity index (χ0v) is 11.6. The maximum absolute atomic E-state index is 5.31. The van der Waals surface area contributed by atoms with E-state index in [9.17, 15) is 0 Å². The van der Waals surface area contributed by atoms with E-state index >= 15 is 0 Å². The lowest BCUT2D eigenvalue weighted by atomic mass is 10.2. The second kappa shape index (κ2) is 5.33. The van der Waals surface area contributed by atoms with Crippen LogP contribution in [0, 0.1) is 0 Å². The predicted octanol–water partition coefficient (Wildman–Crippen LogP) is 1.92. The average Bonchev–Trinajstić information content (AvgIpc) is 2.99. The molecule has 8 heteroatoms. The van der Waals surface area contributed by atoms with Crippen LogP contribution in [0.4, 0.5) is 0 Å². The first-order valence-electron chi connectivity index (χ1n) is 5.71. The third kappa shape index (κ3) is 2.25. The molecule has 102 valence electrons. The van der Waals surface area contributed by atoms with Crippen molar-refractivity contribution in [3.8, 4) is 11.5 Å². The number of rotatable bonds is 4. The number of hydrogen-bond acceptors (Lipinski definition) is 7. The van der Waals surface area contributed by atoms with E-state index in [2.05, 4.69) is 25.1 Å². The molecular weight excluding hydrogens is 278 g/mol. The van der Waals surface area contributed by atoms with Gasteiger partial charge in [0.2, 0.25) is 0 Å². The Morgan fingerprint density at radius 3 is 2.50 bits per heavy atom. The Morgan fingerprint density at radius 2 is 1.80 bits per heavy atom. The standard InChI is InChI=1S/C12H11N5O2S/c1-18-9-3-7-8(4-10(9)19-2)13-5-14-11(7)20-12-15-6-16-17-12/h3-6H,1-2H3,(H,15,16,17). The maximum Gasteiger partial charge on any atom is 0.189 e. The molecule has 3 aromatic rings. The molecule has 0 bridgehead atoms. The van der Waals surface area contributed by atoms with Gasteiger partial charge < -0.3 is 9.47 Å². The molecule has 0 radical (unpaired) electrons. The Balaban J connectivity index is 2.13. The zero-order chi connectivity index (χ0) is 13.9. The van der Waals surface area contributed by atoms with E-state index in [-0.39, 0.29) is 0 Å². The Labute approximate surface area is 118 Å². The third-order valence-corrected chi connectivity index (χ3v) is 3.60. The lowest BCUT2D eigenvalue weighted by Crippen LogP contribution is -1.93. The summed E-state index contributed by atoms with van der Waals surface area (Å²) >= 11 is 1.38. The van der Waals surface area contributed by atoms with Crippen LogP contribution < -0.4 is 9.47 Å². The highest BCUT2D eigenvalue weighted by Gasteiger charge is 2.12. The molecule has 0 atom stereocenters. The van der Waals surface area contributed by atoms with Crippen LogP contribution in [-0.2, 0) is 0 Å². The molecule has 20 heavy (non-hydrogen) atoms. The number of H-pyrrole nitrogens is 1. The molecule has 0 spiro atoms. The zero-order valence-electron chi connectivity index (χ0n) is 10.8. The van der Waals surface area contributed by atoms with Crippen molar-refractivity contribution in [1.82, 2.24) is 25.1 Å². The summed E-state index contributed by atoms with van der Waals surface area (Å²) in [5.74, 6) is 1.27. The molecule has 1 N–H and O–H groups in total. The van der Waals surface area contributed by atoms with E-state index < -0.39 is 0 Å². The van der Waals surface area contributed by atoms with Crippen LogP contribution >= 0.6 is 11.8 Å². The minimum Gasteiger partial charge on any atom is -0.493 e. The lowest BCUT2D eigenvalue weighted by Gasteiger charge is -2.10. The third-order valence-electron chi connectivity index (χ3n) is 2.69. The highest BCUT2D eigenvalue weighted by Crippen LogP contribution is 2.35. The summed E-state index contributed by atoms with van der Waals surface area (Å²) < 4.78 is 10.6. The molecule has 0 amide bonds. The summed E-state index contributed by atoms with van der Waals surface area (Å²) in [4.78, 5) is 12.6. The normalized spacial score (nSPS) is 10.7. The van der Waals surface area contributed by atoms with E-state index in [1.807, 2.05) is 12.1 Å². The maximum atomic E-state index is 5.31. The molecule has 7 nitrogen and oxygen atoms in total. The Morgan fingerprint density at radius 1 is 1.00 bits per heavy atom. The fraction of sp³-hybridized carbons (Fsp3) is 0.167. The van der Waals surface area contributed by atoms with Crippen molar-refractivity contribution in [3.63, 3.8) is 0 Å². The Hall–Kier alpha value is -2.35. The Bertz CT molecular complexity index is 732. The van der Waals surface area contributed by atoms with Gasteiger partial charge in [0.05, 0.1) is 19.7 Å². The Kier molecular flexibility index (Phi) is 3.38. The smallest absolute Gasteiger partial charge is 0.189 e. The quantitative estimate of drug-likeness (QED) is 0.734. The van der Waals surface area contributed by atoms with Gasteiger partial charge in [0.25, 0.3) is 0 Å². The second-order valence-electron chi connectivity index (χ2n) is 3.80. The molecule has 0 aliphatic heterocycles. The molecule has 0 saturated heterocycles. The molecule has 0 unspecified atom stereocenters. The highest BCUT2D eigenvalue weighted by atomic mass is 32.2. The number of methoxy groups -OCH3 is 2. The summed E-state index contributed by atoms with van der Waals surface area (Å²) in [6.45, 7) is 0. The first kappa shape index (κ1) is 12.7. The number of hydrogen-bond donors (Lipinski definition) is 1. The van der Waals surface area contributed by atoms with Crippen LogP contribution in [0.1, 0.15) is 0 Å². The van der Waals surface area contributed by atoms with Gasteiger partial charge in [0, 0.05) is 11.5 Å². The van der Waals surface area contributed by atoms with Gasteiger partial charge >= 0.3 is 0 Å². The molecule has 0 saturated carbocycles. The highest BCUT2D eigenvalue weighted by molar-refractivity contribution is 7.99. The monoisotopic (exact) mass is 289 g/mol. The van der Waals surface area contributed by atoms with Gasteiger partial charge in [-0.3, -0.25) is 5.10 Å². The van der Waals surface area contributed by atoms with Crippen molar-refractivity contribution >= 4 is 22.7 Å². The molecule has 3 rings (SSSR count). The lowest BCUT2D eigenvalue weighted by molar-refractivity contribution is 0.355. The van der Waals surface area contributed by atoms with Crippen LogP contribution in [0.15, 0.2) is 35.0 Å². The second-order valence-corrected chi connectivity index (χ2v) is 4.77. The predicted molar refractivity (Wildman–Crippen MR) is 73.1 cm³/mol. The van der Waals surface area contributed by atoms with E-state index in [0.29, 0.717) is 16.7 Å². The largest absolute Gasteiger partial charge is 0.493 e. The van der Waals surface area contributed by atoms with Crippen LogP contribution in [0.2, 0.25) is 0 Å². The average molecular weight is 289 g/mol. The molecule has 2 aromatic heterocycles. The van der Waals surface area contributed by atoms with Crippen molar-refractivity contribution in [3.05, 3.63) is 24.8 Å². The number of aromatic nitrogens is 5. The van der Waals surface area contributed by atoms with Gasteiger partial charge in [-0.25, -0.2) is 15.0 Å². The van der Waals surface area contributed by atoms with Crippen molar-refractivity contribution in [2.75, 3.05) is 14.2 Å². The number of fused-ring (bicyclic) bond motifs is 1. The fourth-order valence-electron chi connectivity index (χ4n) is 1.78. The first-order chi connectivity index (χ1) is 9.81. The first-order valence-corrected chi connectivity index (χ1v) is 6.53. The minimum atomic E-state index is 0.634. The van der Waals surface area contributed by atoms with Crippen LogP contribution in [0.5, 0.6) is 11.5 Å². The number of nitrogens with one attached hydrogen (secondary N) is 1. The SMILES string of the molecule is COc1cc2ncnc(Sc3ncn[nH]3)c2cc1OC. The van der Waals surface area contributed by atoms with E-state index in [1.54, 1.807) is 14.2 Å². The van der Waals surface area contributed by atoms with Crippen molar-refractivity contribution in [1.29, 1.82) is 0 Å². The molecule has 2 heterocycles. The molecule has 0 aliphatic rings. The van der Waals surface area contributed by atoms with Gasteiger partial charge in [0.1, 0.15) is 17.7 Å². The van der Waals surface area contributed by atoms with Gasteiger partial charge in [-0.05, 0) is 17.8 Å². The van der Waals surface area contributed by atoms with Gasteiger partial charge in [-0.2, -0.15) is 5.10 Å². The molecule has 0 aliphatic carbocycles. The van der Waals surface area contributed by atoms with Crippen LogP contribution in [0.3, 0.4) is 0 Å². The number of ether oxygens (including phenoxy) is 2. The topological polar surface area (TPSA) is 85.8 Å². The van der Waals surface area contributed by atoms with Gasteiger partial charge in [0.15, 0.2) is 16.7 Å². The summed E-state index contributed by atoms with van der Waals surface area (Å²) in [6.07, 6.45) is 2.96. The van der Waals surface area contributed by atoms with Gasteiger partial charge in [-0.1, -0.05) is 0 Å². The number of benzene rings is 1. The number of nitrogens with zero attached hydrogens (tertiary/aromatic N) is 4. The van der Waals surface area contributed by atoms with Gasteiger partial charge in [-0.15, -0.1) is 0 Å². The van der Waals surface area contributed by atoms with Crippen molar-refractivity contribution < 1.29 is 9.47 Å². The summed E-state index contributed by atoms with van der Waals surface area (Å²) in [5, 5.41) is 8.91. The van der Waals surface area contributed by atoms with Crippen molar-refractivity contribution in [2.45, 2.75) is 10.2 Å². The van der Waals surface area contributed by atoms with Crippen LogP contribution in [0.25, 0.3) is 10.9 Å².